The number of hydrogen-bond acceptors (Lipinski definition) is 4. The molecular weight excluding hydrogens is 548 g/mol. The second-order valence-electron chi connectivity index (χ2n) is 7.80. The zero-order valence-electron chi connectivity index (χ0n) is 19.2. The summed E-state index contributed by atoms with van der Waals surface area (Å²) >= 11 is 6.77. The van der Waals surface area contributed by atoms with Crippen molar-refractivity contribution in [2.45, 2.75) is 40.7 Å². The quantitative estimate of drug-likeness (QED) is 0.288. The summed E-state index contributed by atoms with van der Waals surface area (Å²) in [7, 11) is 0. The number of aliphatic hydroxyl groups excluding tert-OH is 1. The van der Waals surface area contributed by atoms with Gasteiger partial charge in [-0.3, -0.25) is 4.79 Å². The largest absolute Gasteiger partial charge is 0.389 e. The van der Waals surface area contributed by atoms with E-state index in [-0.39, 0.29) is 0 Å². The van der Waals surface area contributed by atoms with Crippen LogP contribution >= 0.6 is 31.9 Å². The summed E-state index contributed by atoms with van der Waals surface area (Å²) in [6.45, 7) is 9.54. The molecule has 33 heavy (non-hydrogen) atoms. The van der Waals surface area contributed by atoms with Crippen LogP contribution in [0.5, 0.6) is 0 Å². The highest BCUT2D eigenvalue weighted by Crippen LogP contribution is 2.26. The van der Waals surface area contributed by atoms with Crippen LogP contribution in [0.25, 0.3) is 11.4 Å². The van der Waals surface area contributed by atoms with Crippen LogP contribution in [0.15, 0.2) is 57.7 Å². The fourth-order valence-electron chi connectivity index (χ4n) is 3.64. The Morgan fingerprint density at radius 2 is 1.33 bits per heavy atom. The van der Waals surface area contributed by atoms with Gasteiger partial charge in [0, 0.05) is 32.5 Å². The van der Waals surface area contributed by atoms with Crippen LogP contribution in [0.2, 0.25) is 0 Å². The lowest BCUT2D eigenvalue weighted by Crippen LogP contribution is -2.03. The van der Waals surface area contributed by atoms with Gasteiger partial charge in [-0.2, -0.15) is 0 Å². The summed E-state index contributed by atoms with van der Waals surface area (Å²) in [5.74, 6) is 1.80. The highest BCUT2D eigenvalue weighted by atomic mass is 79.9. The van der Waals surface area contributed by atoms with Gasteiger partial charge in [0.05, 0.1) is 28.9 Å². The minimum absolute atomic E-state index is 0.510. The van der Waals surface area contributed by atoms with Gasteiger partial charge >= 0.3 is 0 Å². The number of aromatic nitrogens is 4. The molecule has 2 aromatic heterocycles. The van der Waals surface area contributed by atoms with Crippen molar-refractivity contribution in [3.63, 3.8) is 0 Å². The molecular formula is C25H26Br2N4O2. The molecule has 0 fully saturated rings. The van der Waals surface area contributed by atoms with Crippen LogP contribution in [0.3, 0.4) is 0 Å². The van der Waals surface area contributed by atoms with E-state index in [0.29, 0.717) is 5.56 Å². The Hall–Kier alpha value is -2.55. The highest BCUT2D eigenvalue weighted by molar-refractivity contribution is 9.10. The number of nitrogens with zero attached hydrogens (tertiary/aromatic N) is 4. The molecule has 0 aliphatic heterocycles. The number of carbonyl (C=O) groups is 1. The number of aliphatic hydroxyl groups is 1. The Kier molecular flexibility index (Phi) is 8.05. The topological polar surface area (TPSA) is 72.9 Å². The van der Waals surface area contributed by atoms with Gasteiger partial charge < -0.3 is 14.2 Å². The van der Waals surface area contributed by atoms with Crippen molar-refractivity contribution in [1.82, 2.24) is 19.1 Å². The predicted molar refractivity (Wildman–Crippen MR) is 137 cm³/mol. The minimum Gasteiger partial charge on any atom is -0.389 e. The molecule has 1 unspecified atom stereocenters. The van der Waals surface area contributed by atoms with E-state index in [1.807, 2.05) is 79.6 Å². The molecule has 0 saturated heterocycles. The van der Waals surface area contributed by atoms with Crippen LogP contribution < -0.4 is 0 Å². The predicted octanol–water partition coefficient (Wildman–Crippen LogP) is 6.37. The molecule has 2 heterocycles. The minimum atomic E-state index is -0.510. The van der Waals surface area contributed by atoms with Crippen molar-refractivity contribution in [2.75, 3.05) is 0 Å². The van der Waals surface area contributed by atoms with Crippen molar-refractivity contribution >= 4 is 38.1 Å². The molecule has 6 nitrogen and oxygen atoms in total. The molecule has 0 bridgehead atoms. The summed E-state index contributed by atoms with van der Waals surface area (Å²) < 4.78 is 5.79. The molecule has 0 radical (unpaired) electrons. The van der Waals surface area contributed by atoms with E-state index in [9.17, 15) is 9.90 Å². The van der Waals surface area contributed by atoms with Gasteiger partial charge in [-0.05, 0) is 71.0 Å². The summed E-state index contributed by atoms with van der Waals surface area (Å²) in [4.78, 5) is 19.7. The van der Waals surface area contributed by atoms with Crippen molar-refractivity contribution < 1.29 is 9.90 Å². The first-order chi connectivity index (χ1) is 15.6. The van der Waals surface area contributed by atoms with Gasteiger partial charge in [0.1, 0.15) is 11.6 Å². The van der Waals surface area contributed by atoms with Gasteiger partial charge in [-0.25, -0.2) is 9.97 Å². The van der Waals surface area contributed by atoms with E-state index < -0.39 is 6.10 Å². The summed E-state index contributed by atoms with van der Waals surface area (Å²) in [5, 5.41) is 9.83. The van der Waals surface area contributed by atoms with E-state index in [1.54, 1.807) is 13.0 Å². The molecule has 1 N–H and O–H groups in total. The Labute approximate surface area is 210 Å². The van der Waals surface area contributed by atoms with E-state index in [2.05, 4.69) is 41.8 Å². The third kappa shape index (κ3) is 5.88. The normalized spacial score (nSPS) is 11.6. The fraction of sp³-hybridized carbons (Fsp3) is 0.240. The molecule has 4 rings (SSSR count). The molecule has 0 saturated carbocycles. The number of aryl methyl sites for hydroxylation is 4. The first-order valence-electron chi connectivity index (χ1n) is 10.4. The van der Waals surface area contributed by atoms with Gasteiger partial charge in [0.15, 0.2) is 6.29 Å². The van der Waals surface area contributed by atoms with Crippen molar-refractivity contribution in [3.8, 4) is 11.4 Å². The monoisotopic (exact) mass is 572 g/mol. The van der Waals surface area contributed by atoms with Crippen LogP contribution in [0.1, 0.15) is 52.0 Å². The average molecular weight is 574 g/mol. The molecule has 172 valence electrons. The maximum Gasteiger partial charge on any atom is 0.152 e. The van der Waals surface area contributed by atoms with Crippen LogP contribution in [-0.2, 0) is 0 Å². The number of benzene rings is 2. The lowest BCUT2D eigenvalue weighted by molar-refractivity contribution is 0.112. The third-order valence-corrected chi connectivity index (χ3v) is 6.07. The molecule has 8 heteroatoms. The lowest BCUT2D eigenvalue weighted by Gasteiger charge is -2.14. The Balaban J connectivity index is 0.000000186. The van der Waals surface area contributed by atoms with Gasteiger partial charge in [-0.15, -0.1) is 0 Å². The number of halogens is 2. The Bertz CT molecular complexity index is 1290. The second kappa shape index (κ2) is 10.6. The zero-order valence-corrected chi connectivity index (χ0v) is 22.3. The van der Waals surface area contributed by atoms with Crippen LogP contribution in [0.4, 0.5) is 0 Å². The summed E-state index contributed by atoms with van der Waals surface area (Å²) in [6, 6.07) is 11.5. The molecule has 1 atom stereocenters. The second-order valence-corrected chi connectivity index (χ2v) is 9.63. The van der Waals surface area contributed by atoms with Gasteiger partial charge in [-0.1, -0.05) is 31.9 Å². The van der Waals surface area contributed by atoms with Crippen LogP contribution in [-0.4, -0.2) is 30.5 Å². The number of carbonyl (C=O) groups excluding carboxylic acids is 1. The molecule has 0 amide bonds. The zero-order chi connectivity index (χ0) is 24.3. The standard InChI is InChI=1S/C13H15BrN2O.C12H11BrN2O/c1-8-7-16(10(3)15-8)13-5-4-11(14)6-12(13)9(2)17;1-8-6-15(9(2)14-8)12-4-3-11(13)5-10(12)7-16/h4-7,9,17H,1-3H3;3-7H,1-2H3. The number of hydrogen-bond donors (Lipinski definition) is 1. The Morgan fingerprint density at radius 3 is 1.79 bits per heavy atom. The maximum absolute atomic E-state index is 11.0. The molecule has 4 aromatic rings. The van der Waals surface area contributed by atoms with E-state index in [4.69, 9.17) is 0 Å². The van der Waals surface area contributed by atoms with E-state index in [1.165, 1.54) is 0 Å². The van der Waals surface area contributed by atoms with Gasteiger partial charge in [0.25, 0.3) is 0 Å². The smallest absolute Gasteiger partial charge is 0.152 e. The van der Waals surface area contributed by atoms with E-state index in [0.717, 1.165) is 55.2 Å². The summed E-state index contributed by atoms with van der Waals surface area (Å²) in [6.07, 6.45) is 4.25. The highest BCUT2D eigenvalue weighted by Gasteiger charge is 2.12. The lowest BCUT2D eigenvalue weighted by atomic mass is 10.1. The fourth-order valence-corrected chi connectivity index (χ4v) is 4.40. The Morgan fingerprint density at radius 1 is 0.848 bits per heavy atom. The molecule has 0 aliphatic rings. The van der Waals surface area contributed by atoms with Crippen molar-refractivity contribution in [3.05, 3.63) is 91.9 Å². The van der Waals surface area contributed by atoms with Crippen molar-refractivity contribution in [1.29, 1.82) is 0 Å². The summed E-state index contributed by atoms with van der Waals surface area (Å²) in [5.41, 5.74) is 5.28. The number of rotatable bonds is 4. The van der Waals surface area contributed by atoms with E-state index >= 15 is 0 Å². The van der Waals surface area contributed by atoms with Crippen LogP contribution in [0, 0.1) is 27.7 Å². The first kappa shape index (κ1) is 25.1. The maximum atomic E-state index is 11.0. The molecule has 0 spiro atoms. The van der Waals surface area contributed by atoms with Crippen molar-refractivity contribution in [2.24, 2.45) is 0 Å². The first-order valence-corrected chi connectivity index (χ1v) is 12.0. The molecule has 0 aliphatic carbocycles. The SMILES string of the molecule is Cc1cn(-c2ccc(Br)cc2C(C)O)c(C)n1.Cc1cn(-c2ccc(Br)cc2C=O)c(C)n1. The average Bonchev–Trinajstić information content (AvgIpc) is 3.27. The van der Waals surface area contributed by atoms with Gasteiger partial charge in [0.2, 0.25) is 0 Å². The number of aldehydes is 1. The number of imidazole rings is 2. The third-order valence-electron chi connectivity index (χ3n) is 5.08. The molecule has 2 aromatic carbocycles.